The zero-order valence-corrected chi connectivity index (χ0v) is 11.6. The number of hydrogen-bond acceptors (Lipinski definition) is 2. The molecule has 0 spiro atoms. The van der Waals surface area contributed by atoms with Crippen LogP contribution >= 0.6 is 0 Å². The molecule has 2 N–H and O–H groups in total. The molecule has 2 atom stereocenters. The van der Waals surface area contributed by atoms with E-state index in [0.717, 1.165) is 25.0 Å². The minimum Gasteiger partial charge on any atom is -0.377 e. The van der Waals surface area contributed by atoms with Crippen LogP contribution in [0.4, 0.5) is 13.2 Å². The highest BCUT2D eigenvalue weighted by atomic mass is 19.4. The van der Waals surface area contributed by atoms with Gasteiger partial charge in [-0.2, -0.15) is 13.2 Å². The highest BCUT2D eigenvalue weighted by Gasteiger charge is 2.37. The van der Waals surface area contributed by atoms with Gasteiger partial charge in [-0.25, -0.2) is 0 Å². The van der Waals surface area contributed by atoms with Crippen LogP contribution in [-0.4, -0.2) is 25.3 Å². The Morgan fingerprint density at radius 2 is 2.11 bits per heavy atom. The first-order valence-electron chi connectivity index (χ1n) is 6.82. The minimum absolute atomic E-state index is 0.105. The van der Waals surface area contributed by atoms with Crippen LogP contribution in [0, 0.1) is 5.92 Å². The van der Waals surface area contributed by atoms with Gasteiger partial charge in [0.15, 0.2) is 0 Å². The summed E-state index contributed by atoms with van der Waals surface area (Å²) in [5.41, 5.74) is 0.398. The van der Waals surface area contributed by atoms with E-state index in [9.17, 15) is 13.2 Å². The highest BCUT2D eigenvalue weighted by molar-refractivity contribution is 5.13. The normalized spacial score (nSPS) is 25.2. The average Bonchev–Trinajstić information content (AvgIpc) is 2.37. The first kappa shape index (κ1) is 16.1. The first-order valence-corrected chi connectivity index (χ1v) is 6.82. The third kappa shape index (κ3) is 4.56. The lowest BCUT2D eigenvalue weighted by molar-refractivity contribution is -0.0986. The Balaban J connectivity index is 2.81. The molecule has 5 heteroatoms. The van der Waals surface area contributed by atoms with E-state index in [4.69, 9.17) is 0 Å². The van der Waals surface area contributed by atoms with Gasteiger partial charge in [-0.05, 0) is 25.8 Å². The van der Waals surface area contributed by atoms with Gasteiger partial charge in [-0.3, -0.25) is 0 Å². The van der Waals surface area contributed by atoms with Crippen LogP contribution in [0.5, 0.6) is 0 Å². The van der Waals surface area contributed by atoms with E-state index in [1.54, 1.807) is 6.92 Å². The number of rotatable bonds is 5. The molecule has 1 aliphatic rings. The zero-order chi connectivity index (χ0) is 14.5. The number of hydrogen-bond donors (Lipinski definition) is 2. The van der Waals surface area contributed by atoms with Crippen molar-refractivity contribution in [2.24, 2.45) is 5.92 Å². The molecule has 2 unspecified atom stereocenters. The molecular weight excluding hydrogens is 253 g/mol. The molecule has 0 bridgehead atoms. The molecule has 2 nitrogen and oxygen atoms in total. The molecule has 0 aliphatic carbocycles. The maximum atomic E-state index is 12.9. The van der Waals surface area contributed by atoms with Crippen molar-refractivity contribution in [2.75, 3.05) is 13.1 Å². The van der Waals surface area contributed by atoms with E-state index < -0.39 is 11.9 Å². The lowest BCUT2D eigenvalue weighted by Gasteiger charge is -2.35. The van der Waals surface area contributed by atoms with Crippen LogP contribution in [0.2, 0.25) is 0 Å². The minimum atomic E-state index is -4.31. The van der Waals surface area contributed by atoms with Crippen LogP contribution < -0.4 is 10.6 Å². The van der Waals surface area contributed by atoms with Crippen molar-refractivity contribution in [3.8, 4) is 0 Å². The number of halogens is 3. The fourth-order valence-corrected chi connectivity index (χ4v) is 2.42. The Kier molecular flexibility index (Phi) is 5.91. The van der Waals surface area contributed by atoms with Crippen molar-refractivity contribution in [1.82, 2.24) is 10.6 Å². The summed E-state index contributed by atoms with van der Waals surface area (Å²) in [7, 11) is 0. The summed E-state index contributed by atoms with van der Waals surface area (Å²) in [6.45, 7) is 9.07. The van der Waals surface area contributed by atoms with Crippen LogP contribution in [0.1, 0.15) is 33.1 Å². The van der Waals surface area contributed by atoms with E-state index in [0.29, 0.717) is 13.0 Å². The van der Waals surface area contributed by atoms with E-state index in [2.05, 4.69) is 17.2 Å². The highest BCUT2D eigenvalue weighted by Crippen LogP contribution is 2.28. The van der Waals surface area contributed by atoms with Crippen LogP contribution in [0.3, 0.4) is 0 Å². The Hall–Kier alpha value is -0.970. The monoisotopic (exact) mass is 276 g/mol. The molecule has 1 aliphatic heterocycles. The SMILES string of the molecule is C=C(CC)C1CCNCC1N/C(=C\CC)C(F)(F)F. The van der Waals surface area contributed by atoms with Gasteiger partial charge < -0.3 is 10.6 Å². The molecule has 0 saturated carbocycles. The van der Waals surface area contributed by atoms with E-state index in [1.807, 2.05) is 6.92 Å². The quantitative estimate of drug-likeness (QED) is 0.752. The molecule has 0 radical (unpaired) electrons. The molecule has 0 aromatic heterocycles. The Morgan fingerprint density at radius 3 is 2.63 bits per heavy atom. The van der Waals surface area contributed by atoms with Crippen LogP contribution in [0.25, 0.3) is 0 Å². The summed E-state index contributed by atoms with van der Waals surface area (Å²) in [5, 5.41) is 5.82. The van der Waals surface area contributed by atoms with Crippen molar-refractivity contribution in [1.29, 1.82) is 0 Å². The average molecular weight is 276 g/mol. The van der Waals surface area contributed by atoms with E-state index in [-0.39, 0.29) is 12.0 Å². The summed E-state index contributed by atoms with van der Waals surface area (Å²) >= 11 is 0. The summed E-state index contributed by atoms with van der Waals surface area (Å²) in [4.78, 5) is 0. The maximum Gasteiger partial charge on any atom is 0.430 e. The predicted octanol–water partition coefficient (Wildman–Crippen LogP) is 3.38. The summed E-state index contributed by atoms with van der Waals surface area (Å²) in [5.74, 6) is 0.105. The number of alkyl halides is 3. The van der Waals surface area contributed by atoms with Crippen LogP contribution in [-0.2, 0) is 0 Å². The van der Waals surface area contributed by atoms with Gasteiger partial charge in [0.2, 0.25) is 0 Å². The van der Waals surface area contributed by atoms with E-state index >= 15 is 0 Å². The van der Waals surface area contributed by atoms with Crippen molar-refractivity contribution in [3.63, 3.8) is 0 Å². The van der Waals surface area contributed by atoms with Crippen molar-refractivity contribution in [3.05, 3.63) is 23.9 Å². The molecule has 0 aromatic rings. The molecule has 19 heavy (non-hydrogen) atoms. The number of allylic oxidation sites excluding steroid dienone is 2. The topological polar surface area (TPSA) is 24.1 Å². The van der Waals surface area contributed by atoms with Crippen molar-refractivity contribution >= 4 is 0 Å². The molecule has 0 aromatic carbocycles. The van der Waals surface area contributed by atoms with E-state index in [1.165, 1.54) is 6.08 Å². The molecule has 1 heterocycles. The van der Waals surface area contributed by atoms with Crippen LogP contribution in [0.15, 0.2) is 23.9 Å². The maximum absolute atomic E-state index is 12.9. The number of nitrogens with one attached hydrogen (secondary N) is 2. The third-order valence-electron chi connectivity index (χ3n) is 3.52. The van der Waals surface area contributed by atoms with Gasteiger partial charge in [0.05, 0.1) is 0 Å². The second-order valence-electron chi connectivity index (χ2n) is 4.89. The van der Waals surface area contributed by atoms with Crippen molar-refractivity contribution in [2.45, 2.75) is 45.3 Å². The summed E-state index contributed by atoms with van der Waals surface area (Å²) in [6, 6.07) is -0.236. The summed E-state index contributed by atoms with van der Waals surface area (Å²) < 4.78 is 38.7. The third-order valence-corrected chi connectivity index (χ3v) is 3.52. The lowest BCUT2D eigenvalue weighted by atomic mass is 9.85. The first-order chi connectivity index (χ1) is 8.90. The molecule has 1 saturated heterocycles. The fraction of sp³-hybridized carbons (Fsp3) is 0.714. The van der Waals surface area contributed by atoms with Gasteiger partial charge in [-0.1, -0.05) is 32.1 Å². The second-order valence-corrected chi connectivity index (χ2v) is 4.89. The second kappa shape index (κ2) is 6.98. The van der Waals surface area contributed by atoms with Gasteiger partial charge in [0.1, 0.15) is 5.70 Å². The van der Waals surface area contributed by atoms with Gasteiger partial charge >= 0.3 is 6.18 Å². The Morgan fingerprint density at radius 1 is 1.42 bits per heavy atom. The predicted molar refractivity (Wildman–Crippen MR) is 71.8 cm³/mol. The largest absolute Gasteiger partial charge is 0.430 e. The zero-order valence-electron chi connectivity index (χ0n) is 11.6. The standard InChI is InChI=1S/C14H23F3N2/c1-4-6-13(14(15,16)17)19-12-9-18-8-7-11(12)10(3)5-2/h6,11-12,18-19H,3-5,7-9H2,1-2H3/b13-6-. The van der Waals surface area contributed by atoms with Gasteiger partial charge in [-0.15, -0.1) is 0 Å². The Bertz CT molecular complexity index is 334. The molecule has 1 fully saturated rings. The van der Waals surface area contributed by atoms with Gasteiger partial charge in [0.25, 0.3) is 0 Å². The fourth-order valence-electron chi connectivity index (χ4n) is 2.42. The van der Waals surface area contributed by atoms with Crippen molar-refractivity contribution < 1.29 is 13.2 Å². The van der Waals surface area contributed by atoms with Gasteiger partial charge in [0, 0.05) is 18.5 Å². The molecule has 0 amide bonds. The summed E-state index contributed by atoms with van der Waals surface area (Å²) in [6.07, 6.45) is -1.10. The molecular formula is C14H23F3N2. The molecule has 1 rings (SSSR count). The number of piperidine rings is 1. The molecule has 110 valence electrons. The Labute approximate surface area is 113 Å². The lowest BCUT2D eigenvalue weighted by Crippen LogP contribution is -2.50. The smallest absolute Gasteiger partial charge is 0.377 e.